The van der Waals surface area contributed by atoms with Gasteiger partial charge in [-0.3, -0.25) is 0 Å². The molecule has 20 heavy (non-hydrogen) atoms. The van der Waals surface area contributed by atoms with Gasteiger partial charge in [0.05, 0.1) is 26.3 Å². The van der Waals surface area contributed by atoms with E-state index in [0.717, 1.165) is 27.9 Å². The van der Waals surface area contributed by atoms with Gasteiger partial charge in [0.1, 0.15) is 5.75 Å². The minimum absolute atomic E-state index is 0.0125. The largest absolute Gasteiger partial charge is 0.496 e. The number of methoxy groups -OCH3 is 1. The Morgan fingerprint density at radius 1 is 1.35 bits per heavy atom. The molecule has 6 heteroatoms. The van der Waals surface area contributed by atoms with Gasteiger partial charge in [0.25, 0.3) is 0 Å². The van der Waals surface area contributed by atoms with Gasteiger partial charge in [0, 0.05) is 5.56 Å². The molecule has 1 heterocycles. The predicted molar refractivity (Wildman–Crippen MR) is 90.6 cm³/mol. The van der Waals surface area contributed by atoms with Crippen LogP contribution < -0.4 is 10.1 Å². The second kappa shape index (κ2) is 7.14. The van der Waals surface area contributed by atoms with Gasteiger partial charge in [0.2, 0.25) is 0 Å². The number of nitrogens with one attached hydrogen (secondary N) is 1. The fraction of sp³-hybridized carbons (Fsp3) is 0.286. The van der Waals surface area contributed by atoms with Crippen LogP contribution >= 0.6 is 50.5 Å². The summed E-state index contributed by atoms with van der Waals surface area (Å²) in [5.41, 5.74) is 2.11. The molecule has 1 atom stereocenters. The molecule has 2 nitrogen and oxygen atoms in total. The molecule has 2 rings (SSSR count). The SMILES string of the molecule is CCNC(c1ccc(OC)c(Br)c1)c1cc(Cl)sc1Cl. The molecule has 108 valence electrons. The number of halogens is 3. The first-order chi connectivity index (χ1) is 9.56. The van der Waals surface area contributed by atoms with Crippen LogP contribution in [-0.4, -0.2) is 13.7 Å². The van der Waals surface area contributed by atoms with Crippen LogP contribution in [0.5, 0.6) is 5.75 Å². The van der Waals surface area contributed by atoms with Crippen molar-refractivity contribution >= 4 is 50.5 Å². The first-order valence-corrected chi connectivity index (χ1v) is 8.45. The zero-order chi connectivity index (χ0) is 14.7. The fourth-order valence-corrected chi connectivity index (χ4v) is 4.11. The average molecular weight is 395 g/mol. The number of rotatable bonds is 5. The van der Waals surface area contributed by atoms with Gasteiger partial charge in [-0.05, 0) is 46.2 Å². The summed E-state index contributed by atoms with van der Waals surface area (Å²) in [7, 11) is 1.65. The molecule has 1 aromatic carbocycles. The maximum atomic E-state index is 6.28. The number of hydrogen-bond donors (Lipinski definition) is 1. The Hall–Kier alpha value is -0.260. The van der Waals surface area contributed by atoms with E-state index < -0.39 is 0 Å². The summed E-state index contributed by atoms with van der Waals surface area (Å²) in [6.07, 6.45) is 0. The predicted octanol–water partition coefficient (Wildman–Crippen LogP) is 5.52. The fourth-order valence-electron chi connectivity index (χ4n) is 2.02. The van der Waals surface area contributed by atoms with E-state index in [-0.39, 0.29) is 6.04 Å². The lowest BCUT2D eigenvalue weighted by molar-refractivity contribution is 0.412. The van der Waals surface area contributed by atoms with E-state index in [4.69, 9.17) is 27.9 Å². The molecule has 2 aromatic rings. The third-order valence-electron chi connectivity index (χ3n) is 2.91. The maximum absolute atomic E-state index is 6.28. The Bertz CT molecular complexity index is 603. The van der Waals surface area contributed by atoms with Crippen LogP contribution in [0.3, 0.4) is 0 Å². The summed E-state index contributed by atoms with van der Waals surface area (Å²) in [6.45, 7) is 2.89. The zero-order valence-electron chi connectivity index (χ0n) is 11.0. The summed E-state index contributed by atoms with van der Waals surface area (Å²) in [6, 6.07) is 7.93. The zero-order valence-corrected chi connectivity index (χ0v) is 15.0. The van der Waals surface area contributed by atoms with Crippen LogP contribution in [0.15, 0.2) is 28.7 Å². The first kappa shape index (κ1) is 16.1. The highest BCUT2D eigenvalue weighted by atomic mass is 79.9. The molecule has 0 radical (unpaired) electrons. The van der Waals surface area contributed by atoms with E-state index in [0.29, 0.717) is 8.67 Å². The lowest BCUT2D eigenvalue weighted by atomic mass is 10.0. The molecule has 1 unspecified atom stereocenters. The second-order valence-corrected chi connectivity index (χ2v) is 7.30. The minimum Gasteiger partial charge on any atom is -0.496 e. The molecule has 0 aliphatic rings. The van der Waals surface area contributed by atoms with E-state index in [1.165, 1.54) is 11.3 Å². The van der Waals surface area contributed by atoms with Gasteiger partial charge in [0.15, 0.2) is 0 Å². The third-order valence-corrected chi connectivity index (χ3v) is 5.05. The normalized spacial score (nSPS) is 12.4. The van der Waals surface area contributed by atoms with Crippen molar-refractivity contribution in [3.8, 4) is 5.75 Å². The Morgan fingerprint density at radius 3 is 2.60 bits per heavy atom. The van der Waals surface area contributed by atoms with E-state index in [2.05, 4.69) is 28.2 Å². The maximum Gasteiger partial charge on any atom is 0.133 e. The summed E-state index contributed by atoms with van der Waals surface area (Å²) in [4.78, 5) is 0. The van der Waals surface area contributed by atoms with Crippen molar-refractivity contribution in [1.82, 2.24) is 5.32 Å². The average Bonchev–Trinajstić information content (AvgIpc) is 2.74. The molecule has 0 spiro atoms. The van der Waals surface area contributed by atoms with Crippen molar-refractivity contribution in [2.24, 2.45) is 0 Å². The summed E-state index contributed by atoms with van der Waals surface area (Å²) < 4.78 is 7.59. The molecule has 1 N–H and O–H groups in total. The van der Waals surface area contributed by atoms with Crippen molar-refractivity contribution in [3.63, 3.8) is 0 Å². The molecule has 0 saturated heterocycles. The summed E-state index contributed by atoms with van der Waals surface area (Å²) in [5.74, 6) is 0.804. The molecule has 0 fully saturated rings. The van der Waals surface area contributed by atoms with E-state index >= 15 is 0 Å². The van der Waals surface area contributed by atoms with Gasteiger partial charge >= 0.3 is 0 Å². The number of thiophene rings is 1. The monoisotopic (exact) mass is 393 g/mol. The van der Waals surface area contributed by atoms with Gasteiger partial charge in [-0.1, -0.05) is 36.2 Å². The van der Waals surface area contributed by atoms with Gasteiger partial charge < -0.3 is 10.1 Å². The van der Waals surface area contributed by atoms with Gasteiger partial charge in [-0.15, -0.1) is 11.3 Å². The van der Waals surface area contributed by atoms with Crippen molar-refractivity contribution in [2.75, 3.05) is 13.7 Å². The van der Waals surface area contributed by atoms with E-state index in [9.17, 15) is 0 Å². The number of benzene rings is 1. The lowest BCUT2D eigenvalue weighted by Gasteiger charge is -2.19. The first-order valence-electron chi connectivity index (χ1n) is 6.08. The third kappa shape index (κ3) is 3.49. The molecule has 0 bridgehead atoms. The lowest BCUT2D eigenvalue weighted by Crippen LogP contribution is -2.21. The van der Waals surface area contributed by atoms with Crippen molar-refractivity contribution in [3.05, 3.63) is 48.5 Å². The van der Waals surface area contributed by atoms with Crippen LogP contribution in [0.25, 0.3) is 0 Å². The van der Waals surface area contributed by atoms with Crippen LogP contribution in [0, 0.1) is 0 Å². The molecule has 0 amide bonds. The van der Waals surface area contributed by atoms with Crippen molar-refractivity contribution in [1.29, 1.82) is 0 Å². The van der Waals surface area contributed by atoms with Gasteiger partial charge in [-0.25, -0.2) is 0 Å². The van der Waals surface area contributed by atoms with Crippen molar-refractivity contribution in [2.45, 2.75) is 13.0 Å². The van der Waals surface area contributed by atoms with Crippen LogP contribution in [0.4, 0.5) is 0 Å². The van der Waals surface area contributed by atoms with E-state index in [1.807, 2.05) is 24.3 Å². The smallest absolute Gasteiger partial charge is 0.133 e. The number of ether oxygens (including phenoxy) is 1. The van der Waals surface area contributed by atoms with Crippen LogP contribution in [0.1, 0.15) is 24.1 Å². The van der Waals surface area contributed by atoms with Crippen LogP contribution in [0.2, 0.25) is 8.67 Å². The summed E-state index contributed by atoms with van der Waals surface area (Å²) in [5, 5.41) is 3.44. The van der Waals surface area contributed by atoms with Gasteiger partial charge in [-0.2, -0.15) is 0 Å². The molecule has 0 saturated carbocycles. The number of hydrogen-bond acceptors (Lipinski definition) is 3. The highest BCUT2D eigenvalue weighted by Gasteiger charge is 2.19. The standard InChI is InChI=1S/C14H14BrCl2NOS/c1-3-18-13(9-7-12(16)20-14(9)17)8-4-5-11(19-2)10(15)6-8/h4-7,13,18H,3H2,1-2H3. The molecule has 0 aliphatic heterocycles. The second-order valence-electron chi connectivity index (χ2n) is 4.16. The van der Waals surface area contributed by atoms with Crippen molar-refractivity contribution < 1.29 is 4.74 Å². The Morgan fingerprint density at radius 2 is 2.10 bits per heavy atom. The molecule has 1 aromatic heterocycles. The topological polar surface area (TPSA) is 21.3 Å². The van der Waals surface area contributed by atoms with Crippen LogP contribution in [-0.2, 0) is 0 Å². The summed E-state index contributed by atoms with van der Waals surface area (Å²) >= 11 is 17.2. The molecular weight excluding hydrogens is 381 g/mol. The molecular formula is C14H14BrCl2NOS. The quantitative estimate of drug-likeness (QED) is 0.720. The Kier molecular flexibility index (Phi) is 5.75. The van der Waals surface area contributed by atoms with E-state index in [1.54, 1.807) is 7.11 Å². The highest BCUT2D eigenvalue weighted by molar-refractivity contribution is 9.10. The molecule has 0 aliphatic carbocycles. The highest BCUT2D eigenvalue weighted by Crippen LogP contribution is 2.38. The Labute approximate surface area is 141 Å². The minimum atomic E-state index is 0.0125. The Balaban J connectivity index is 2.43.